The van der Waals surface area contributed by atoms with Crippen LogP contribution in [0.15, 0.2) is 6.07 Å². The average molecular weight is 234 g/mol. The van der Waals surface area contributed by atoms with Crippen molar-refractivity contribution in [1.82, 2.24) is 10.2 Å². The van der Waals surface area contributed by atoms with Crippen LogP contribution in [0.3, 0.4) is 0 Å². The quantitative estimate of drug-likeness (QED) is 0.557. The van der Waals surface area contributed by atoms with Crippen molar-refractivity contribution in [2.75, 3.05) is 12.3 Å². The number of nitrogens with zero attached hydrogens (tertiary/aromatic N) is 2. The molecule has 0 aromatic carbocycles. The summed E-state index contributed by atoms with van der Waals surface area (Å²) >= 11 is 5.57. The Bertz CT molecular complexity index is 337. The van der Waals surface area contributed by atoms with Gasteiger partial charge in [-0.15, -0.1) is 10.2 Å². The summed E-state index contributed by atoms with van der Waals surface area (Å²) in [6.45, 7) is -0.232. The predicted molar refractivity (Wildman–Crippen MR) is 54.1 cm³/mol. The van der Waals surface area contributed by atoms with E-state index in [0.29, 0.717) is 0 Å². The lowest BCUT2D eigenvalue weighted by Crippen LogP contribution is -2.21. The SMILES string of the molecule is Nc1nnc(Cl)cc1C(O)C(O)CCO. The summed E-state index contributed by atoms with van der Waals surface area (Å²) < 4.78 is 0. The third kappa shape index (κ3) is 3.00. The van der Waals surface area contributed by atoms with Crippen LogP contribution < -0.4 is 5.73 Å². The fourth-order valence-electron chi connectivity index (χ4n) is 1.12. The van der Waals surface area contributed by atoms with Crippen LogP contribution in [0.1, 0.15) is 18.1 Å². The van der Waals surface area contributed by atoms with Gasteiger partial charge in [0.2, 0.25) is 0 Å². The molecule has 2 unspecified atom stereocenters. The Balaban J connectivity index is 2.89. The Morgan fingerprint density at radius 2 is 2.07 bits per heavy atom. The van der Waals surface area contributed by atoms with E-state index >= 15 is 0 Å². The molecule has 5 N–H and O–H groups in total. The van der Waals surface area contributed by atoms with Crippen molar-refractivity contribution >= 4 is 17.4 Å². The van der Waals surface area contributed by atoms with Crippen LogP contribution in [0.25, 0.3) is 0 Å². The van der Waals surface area contributed by atoms with Crippen LogP contribution in [0, 0.1) is 0 Å². The molecule has 0 fully saturated rings. The monoisotopic (exact) mass is 233 g/mol. The van der Waals surface area contributed by atoms with Crippen LogP contribution in [-0.4, -0.2) is 38.2 Å². The smallest absolute Gasteiger partial charge is 0.152 e. The van der Waals surface area contributed by atoms with Crippen molar-refractivity contribution in [1.29, 1.82) is 0 Å². The summed E-state index contributed by atoms with van der Waals surface area (Å²) in [6, 6.07) is 1.33. The zero-order valence-corrected chi connectivity index (χ0v) is 8.59. The van der Waals surface area contributed by atoms with E-state index in [9.17, 15) is 10.2 Å². The number of nitrogens with two attached hydrogens (primary N) is 1. The number of anilines is 1. The first kappa shape index (κ1) is 12.1. The highest BCUT2D eigenvalue weighted by Crippen LogP contribution is 2.24. The molecule has 0 aliphatic carbocycles. The predicted octanol–water partition coefficient (Wildman–Crippen LogP) is -0.511. The van der Waals surface area contributed by atoms with E-state index in [0.717, 1.165) is 0 Å². The molecular weight excluding hydrogens is 222 g/mol. The van der Waals surface area contributed by atoms with E-state index in [2.05, 4.69) is 10.2 Å². The lowest BCUT2D eigenvalue weighted by molar-refractivity contribution is 0.00440. The Hall–Kier alpha value is -0.950. The fourth-order valence-corrected chi connectivity index (χ4v) is 1.28. The molecule has 1 aromatic heterocycles. The summed E-state index contributed by atoms with van der Waals surface area (Å²) in [5, 5.41) is 34.7. The molecular formula is C8H12ClN3O3. The van der Waals surface area contributed by atoms with E-state index in [-0.39, 0.29) is 29.6 Å². The molecule has 0 aliphatic heterocycles. The van der Waals surface area contributed by atoms with Gasteiger partial charge in [0.05, 0.1) is 6.10 Å². The normalized spacial score (nSPS) is 14.9. The van der Waals surface area contributed by atoms with E-state index in [1.54, 1.807) is 0 Å². The molecule has 0 saturated carbocycles. The topological polar surface area (TPSA) is 112 Å². The summed E-state index contributed by atoms with van der Waals surface area (Å²) in [5.41, 5.74) is 5.66. The maximum absolute atomic E-state index is 9.66. The number of aliphatic hydroxyl groups excluding tert-OH is 3. The zero-order chi connectivity index (χ0) is 11.4. The van der Waals surface area contributed by atoms with E-state index in [1.165, 1.54) is 6.07 Å². The maximum atomic E-state index is 9.66. The highest BCUT2D eigenvalue weighted by Gasteiger charge is 2.21. The van der Waals surface area contributed by atoms with Crippen molar-refractivity contribution in [3.8, 4) is 0 Å². The molecule has 1 heterocycles. The molecule has 2 atom stereocenters. The van der Waals surface area contributed by atoms with E-state index < -0.39 is 12.2 Å². The van der Waals surface area contributed by atoms with Gasteiger partial charge in [0.1, 0.15) is 6.10 Å². The molecule has 15 heavy (non-hydrogen) atoms. The van der Waals surface area contributed by atoms with Gasteiger partial charge < -0.3 is 21.1 Å². The van der Waals surface area contributed by atoms with Gasteiger partial charge >= 0.3 is 0 Å². The number of hydrogen-bond acceptors (Lipinski definition) is 6. The molecule has 6 nitrogen and oxygen atoms in total. The molecule has 0 radical (unpaired) electrons. The van der Waals surface area contributed by atoms with Gasteiger partial charge in [-0.05, 0) is 12.5 Å². The largest absolute Gasteiger partial charge is 0.396 e. The average Bonchev–Trinajstić information content (AvgIpc) is 2.21. The van der Waals surface area contributed by atoms with Crippen LogP contribution in [0.2, 0.25) is 5.15 Å². The zero-order valence-electron chi connectivity index (χ0n) is 7.84. The van der Waals surface area contributed by atoms with Crippen LogP contribution in [0.5, 0.6) is 0 Å². The molecule has 0 aliphatic rings. The van der Waals surface area contributed by atoms with Crippen molar-refractivity contribution in [3.63, 3.8) is 0 Å². The third-order valence-corrected chi connectivity index (χ3v) is 2.12. The molecule has 0 saturated heterocycles. The van der Waals surface area contributed by atoms with E-state index in [4.69, 9.17) is 22.4 Å². The van der Waals surface area contributed by atoms with Crippen molar-refractivity contribution < 1.29 is 15.3 Å². The maximum Gasteiger partial charge on any atom is 0.152 e. The number of halogens is 1. The Labute approximate surface area is 91.3 Å². The summed E-state index contributed by atoms with van der Waals surface area (Å²) in [7, 11) is 0. The summed E-state index contributed by atoms with van der Waals surface area (Å²) in [4.78, 5) is 0. The highest BCUT2D eigenvalue weighted by molar-refractivity contribution is 6.29. The van der Waals surface area contributed by atoms with Crippen molar-refractivity contribution in [2.24, 2.45) is 0 Å². The van der Waals surface area contributed by atoms with Crippen LogP contribution >= 0.6 is 11.6 Å². The molecule has 0 amide bonds. The Morgan fingerprint density at radius 3 is 2.67 bits per heavy atom. The van der Waals surface area contributed by atoms with Crippen LogP contribution in [0.4, 0.5) is 5.82 Å². The van der Waals surface area contributed by atoms with Gasteiger partial charge in [-0.1, -0.05) is 11.6 Å². The van der Waals surface area contributed by atoms with Gasteiger partial charge in [-0.2, -0.15) is 0 Å². The summed E-state index contributed by atoms with van der Waals surface area (Å²) in [6.07, 6.45) is -2.30. The molecule has 0 bridgehead atoms. The van der Waals surface area contributed by atoms with Crippen molar-refractivity contribution in [2.45, 2.75) is 18.6 Å². The fraction of sp³-hybridized carbons (Fsp3) is 0.500. The molecule has 84 valence electrons. The lowest BCUT2D eigenvalue weighted by Gasteiger charge is -2.17. The Morgan fingerprint density at radius 1 is 1.40 bits per heavy atom. The number of aromatic nitrogens is 2. The van der Waals surface area contributed by atoms with Gasteiger partial charge in [-0.25, -0.2) is 0 Å². The van der Waals surface area contributed by atoms with Crippen LogP contribution in [-0.2, 0) is 0 Å². The first-order chi connectivity index (χ1) is 7.06. The Kier molecular flexibility index (Phi) is 4.22. The van der Waals surface area contributed by atoms with Crippen molar-refractivity contribution in [3.05, 3.63) is 16.8 Å². The van der Waals surface area contributed by atoms with Gasteiger partial charge in [0.25, 0.3) is 0 Å². The van der Waals surface area contributed by atoms with Gasteiger partial charge in [0, 0.05) is 12.2 Å². The van der Waals surface area contributed by atoms with E-state index in [1.807, 2.05) is 0 Å². The molecule has 7 heteroatoms. The lowest BCUT2D eigenvalue weighted by atomic mass is 10.0. The molecule has 1 rings (SSSR count). The van der Waals surface area contributed by atoms with Gasteiger partial charge in [0.15, 0.2) is 11.0 Å². The second-order valence-corrected chi connectivity index (χ2v) is 3.42. The first-order valence-corrected chi connectivity index (χ1v) is 4.69. The number of nitrogen functional groups attached to an aromatic ring is 1. The highest BCUT2D eigenvalue weighted by atomic mass is 35.5. The number of hydrogen-bond donors (Lipinski definition) is 4. The minimum atomic E-state index is -1.23. The number of aliphatic hydroxyl groups is 3. The standard InChI is InChI=1S/C8H12ClN3O3/c9-6-3-4(8(10)12-11-6)7(15)5(14)1-2-13/h3,5,7,13-15H,1-2H2,(H2,10,12). The van der Waals surface area contributed by atoms with Gasteiger partial charge in [-0.3, -0.25) is 0 Å². The first-order valence-electron chi connectivity index (χ1n) is 4.32. The second-order valence-electron chi connectivity index (χ2n) is 3.03. The summed E-state index contributed by atoms with van der Waals surface area (Å²) in [5.74, 6) is 0.00360. The molecule has 0 spiro atoms. The third-order valence-electron chi connectivity index (χ3n) is 1.93. The second kappa shape index (κ2) is 5.22. The minimum absolute atomic E-state index is 0.00360. The molecule has 1 aromatic rings. The minimum Gasteiger partial charge on any atom is -0.396 e. The number of rotatable bonds is 4.